The Hall–Kier alpha value is -1.56. The third-order valence-corrected chi connectivity index (χ3v) is 3.13. The van der Waals surface area contributed by atoms with Crippen molar-refractivity contribution in [2.45, 2.75) is 19.3 Å². The van der Waals surface area contributed by atoms with Gasteiger partial charge in [-0.2, -0.15) is 0 Å². The van der Waals surface area contributed by atoms with Crippen LogP contribution >= 0.6 is 11.6 Å². The molecule has 0 atom stereocenters. The first kappa shape index (κ1) is 11.9. The summed E-state index contributed by atoms with van der Waals surface area (Å²) in [6.07, 6.45) is 0. The minimum absolute atomic E-state index is 0.199. The van der Waals surface area contributed by atoms with E-state index in [9.17, 15) is 9.59 Å². The van der Waals surface area contributed by atoms with E-state index in [-0.39, 0.29) is 17.1 Å². The molecule has 0 unspecified atom stereocenters. The van der Waals surface area contributed by atoms with Crippen molar-refractivity contribution in [3.8, 4) is 0 Å². The number of halogens is 1. The quantitative estimate of drug-likeness (QED) is 0.721. The molecular formula is C10H13ClN4O2. The molecule has 0 aliphatic carbocycles. The molecule has 0 fully saturated rings. The van der Waals surface area contributed by atoms with E-state index in [1.807, 2.05) is 0 Å². The van der Waals surface area contributed by atoms with E-state index in [2.05, 4.69) is 4.98 Å². The zero-order chi connectivity index (χ0) is 12.7. The van der Waals surface area contributed by atoms with Crippen molar-refractivity contribution in [3.05, 3.63) is 26.7 Å². The number of nitrogens with zero attached hydrogens (tertiary/aromatic N) is 4. The summed E-state index contributed by atoms with van der Waals surface area (Å²) in [7, 11) is 3.32. The Bertz CT molecular complexity index is 695. The van der Waals surface area contributed by atoms with Crippen molar-refractivity contribution in [1.29, 1.82) is 0 Å². The lowest BCUT2D eigenvalue weighted by Crippen LogP contribution is -2.39. The predicted molar refractivity (Wildman–Crippen MR) is 65.4 cm³/mol. The van der Waals surface area contributed by atoms with E-state index in [0.717, 1.165) is 0 Å². The number of hydrogen-bond acceptors (Lipinski definition) is 3. The molecule has 2 rings (SSSR count). The molecule has 0 bridgehead atoms. The molecule has 0 N–H and O–H groups in total. The molecule has 92 valence electrons. The lowest BCUT2D eigenvalue weighted by molar-refractivity contribution is 0.635. The summed E-state index contributed by atoms with van der Waals surface area (Å²) >= 11 is 5.74. The summed E-state index contributed by atoms with van der Waals surface area (Å²) < 4.78 is 4.19. The number of aromatic nitrogens is 4. The van der Waals surface area contributed by atoms with E-state index in [0.29, 0.717) is 23.5 Å². The molecule has 0 radical (unpaired) electrons. The highest BCUT2D eigenvalue weighted by atomic mass is 35.5. The Morgan fingerprint density at radius 2 is 1.88 bits per heavy atom. The third-order valence-electron chi connectivity index (χ3n) is 2.89. The zero-order valence-electron chi connectivity index (χ0n) is 9.90. The number of fused-ring (bicyclic) bond motifs is 1. The van der Waals surface area contributed by atoms with Gasteiger partial charge in [0.05, 0.1) is 5.88 Å². The molecule has 0 amide bonds. The largest absolute Gasteiger partial charge is 0.332 e. The Morgan fingerprint density at radius 1 is 1.24 bits per heavy atom. The first-order chi connectivity index (χ1) is 8.02. The van der Waals surface area contributed by atoms with Gasteiger partial charge in [0.2, 0.25) is 0 Å². The number of hydrogen-bond donors (Lipinski definition) is 0. The molecule has 0 saturated carbocycles. The maximum absolute atomic E-state index is 12.1. The zero-order valence-corrected chi connectivity index (χ0v) is 10.7. The smallest absolute Gasteiger partial charge is 0.324 e. The monoisotopic (exact) mass is 256 g/mol. The van der Waals surface area contributed by atoms with Gasteiger partial charge in [-0.3, -0.25) is 13.9 Å². The SMILES string of the molecule is CCn1c(=O)c2c(nc(CCl)n2C)n(C)c1=O. The highest BCUT2D eigenvalue weighted by molar-refractivity contribution is 6.16. The normalized spacial score (nSPS) is 11.3. The van der Waals surface area contributed by atoms with E-state index in [4.69, 9.17) is 11.6 Å². The molecule has 0 aliphatic heterocycles. The van der Waals surface area contributed by atoms with Crippen molar-refractivity contribution in [1.82, 2.24) is 18.7 Å². The van der Waals surface area contributed by atoms with Crippen LogP contribution < -0.4 is 11.2 Å². The number of rotatable bonds is 2. The van der Waals surface area contributed by atoms with Crippen molar-refractivity contribution in [3.63, 3.8) is 0 Å². The van der Waals surface area contributed by atoms with Gasteiger partial charge in [0.15, 0.2) is 11.2 Å². The lowest BCUT2D eigenvalue weighted by Gasteiger charge is -2.05. The highest BCUT2D eigenvalue weighted by Crippen LogP contribution is 2.10. The molecule has 0 spiro atoms. The average Bonchev–Trinajstić information content (AvgIpc) is 2.64. The van der Waals surface area contributed by atoms with Crippen LogP contribution in [-0.4, -0.2) is 18.7 Å². The van der Waals surface area contributed by atoms with Crippen LogP contribution in [0, 0.1) is 0 Å². The summed E-state index contributed by atoms with van der Waals surface area (Å²) in [6, 6.07) is 0. The van der Waals surface area contributed by atoms with Gasteiger partial charge >= 0.3 is 5.69 Å². The predicted octanol–water partition coefficient (Wildman–Crippen LogP) is 0.192. The molecule has 2 heterocycles. The number of imidazole rings is 1. The fourth-order valence-corrected chi connectivity index (χ4v) is 2.13. The first-order valence-electron chi connectivity index (χ1n) is 5.24. The van der Waals surface area contributed by atoms with Gasteiger partial charge in [-0.25, -0.2) is 9.78 Å². The van der Waals surface area contributed by atoms with Gasteiger partial charge in [-0.1, -0.05) is 0 Å². The van der Waals surface area contributed by atoms with Gasteiger partial charge in [0, 0.05) is 20.6 Å². The maximum Gasteiger partial charge on any atom is 0.332 e. The molecule has 17 heavy (non-hydrogen) atoms. The highest BCUT2D eigenvalue weighted by Gasteiger charge is 2.16. The fraction of sp³-hybridized carbons (Fsp3) is 0.500. The van der Waals surface area contributed by atoms with Crippen molar-refractivity contribution in [2.75, 3.05) is 0 Å². The Kier molecular flexibility index (Phi) is 2.82. The average molecular weight is 257 g/mol. The van der Waals surface area contributed by atoms with E-state index in [1.165, 1.54) is 9.13 Å². The van der Waals surface area contributed by atoms with Crippen molar-refractivity contribution >= 4 is 22.8 Å². The lowest BCUT2D eigenvalue weighted by atomic mass is 10.5. The summed E-state index contributed by atoms with van der Waals surface area (Å²) in [5.74, 6) is 0.771. The Balaban J connectivity index is 3.08. The van der Waals surface area contributed by atoms with Crippen LogP contribution in [0.2, 0.25) is 0 Å². The van der Waals surface area contributed by atoms with Crippen molar-refractivity contribution < 1.29 is 0 Å². The minimum atomic E-state index is -0.357. The molecule has 2 aromatic rings. The topological polar surface area (TPSA) is 61.8 Å². The summed E-state index contributed by atoms with van der Waals surface area (Å²) in [5.41, 5.74) is 0.105. The van der Waals surface area contributed by atoms with Crippen LogP contribution in [0.1, 0.15) is 12.7 Å². The maximum atomic E-state index is 12.1. The summed E-state index contributed by atoms with van der Waals surface area (Å²) in [5, 5.41) is 0. The van der Waals surface area contributed by atoms with Crippen LogP contribution in [-0.2, 0) is 26.5 Å². The second kappa shape index (κ2) is 4.03. The Morgan fingerprint density at radius 3 is 2.41 bits per heavy atom. The number of aryl methyl sites for hydroxylation is 2. The first-order valence-corrected chi connectivity index (χ1v) is 5.77. The van der Waals surface area contributed by atoms with E-state index in [1.54, 1.807) is 25.6 Å². The van der Waals surface area contributed by atoms with E-state index >= 15 is 0 Å². The third kappa shape index (κ3) is 1.51. The van der Waals surface area contributed by atoms with Gasteiger partial charge < -0.3 is 4.57 Å². The van der Waals surface area contributed by atoms with Crippen LogP contribution in [0.3, 0.4) is 0 Å². The molecule has 7 heteroatoms. The van der Waals surface area contributed by atoms with Crippen LogP contribution in [0.25, 0.3) is 11.2 Å². The minimum Gasteiger partial charge on any atom is -0.324 e. The van der Waals surface area contributed by atoms with Crippen molar-refractivity contribution in [2.24, 2.45) is 14.1 Å². The van der Waals surface area contributed by atoms with E-state index < -0.39 is 0 Å². The molecule has 0 saturated heterocycles. The number of alkyl halides is 1. The fourth-order valence-electron chi connectivity index (χ4n) is 1.89. The van der Waals surface area contributed by atoms with Crippen LogP contribution in [0.5, 0.6) is 0 Å². The second-order valence-corrected chi connectivity index (χ2v) is 4.05. The summed E-state index contributed by atoms with van der Waals surface area (Å²) in [6.45, 7) is 2.09. The molecular weight excluding hydrogens is 244 g/mol. The summed E-state index contributed by atoms with van der Waals surface area (Å²) in [4.78, 5) is 28.2. The van der Waals surface area contributed by atoms with Gasteiger partial charge in [0.1, 0.15) is 5.82 Å². The molecule has 0 aromatic carbocycles. The Labute approximate surface area is 102 Å². The molecule has 2 aromatic heterocycles. The van der Waals surface area contributed by atoms with Crippen LogP contribution in [0.4, 0.5) is 0 Å². The van der Waals surface area contributed by atoms with Gasteiger partial charge in [-0.05, 0) is 6.92 Å². The second-order valence-electron chi connectivity index (χ2n) is 3.78. The van der Waals surface area contributed by atoms with Gasteiger partial charge in [0.25, 0.3) is 5.56 Å². The standard InChI is InChI=1S/C10H13ClN4O2/c1-4-15-9(16)7-8(14(3)10(15)17)12-6(5-11)13(7)2/h4-5H2,1-3H3. The van der Waals surface area contributed by atoms with Crippen LogP contribution in [0.15, 0.2) is 9.59 Å². The molecule has 6 nitrogen and oxygen atoms in total. The molecule has 0 aliphatic rings. The van der Waals surface area contributed by atoms with Gasteiger partial charge in [-0.15, -0.1) is 11.6 Å².